The van der Waals surface area contributed by atoms with Gasteiger partial charge in [-0.3, -0.25) is 9.36 Å². The summed E-state index contributed by atoms with van der Waals surface area (Å²) in [4.78, 5) is 4.94. The molecule has 0 spiro atoms. The molecule has 2 aliphatic rings. The van der Waals surface area contributed by atoms with Crippen molar-refractivity contribution >= 4 is 17.0 Å². The third kappa shape index (κ3) is 1.76. The summed E-state index contributed by atoms with van der Waals surface area (Å²) in [5, 5.41) is 16.9. The third-order valence-corrected chi connectivity index (χ3v) is 5.19. The van der Waals surface area contributed by atoms with Crippen LogP contribution in [0.15, 0.2) is 31.0 Å². The van der Waals surface area contributed by atoms with Gasteiger partial charge in [0.1, 0.15) is 11.2 Å². The topological polar surface area (TPSA) is 77.9 Å². The minimum absolute atomic E-state index is 0.518. The van der Waals surface area contributed by atoms with Gasteiger partial charge in [0.25, 0.3) is 0 Å². The molecule has 25 heavy (non-hydrogen) atoms. The molecule has 1 aliphatic heterocycles. The van der Waals surface area contributed by atoms with Gasteiger partial charge in [-0.15, -0.1) is 0 Å². The van der Waals surface area contributed by atoms with Gasteiger partial charge in [-0.25, -0.2) is 9.50 Å². The summed E-state index contributed by atoms with van der Waals surface area (Å²) < 4.78 is 5.76. The zero-order chi connectivity index (χ0) is 16.5. The molecule has 0 saturated heterocycles. The third-order valence-electron chi connectivity index (χ3n) is 5.19. The smallest absolute Gasteiger partial charge is 0.162 e. The Morgan fingerprint density at radius 1 is 1.12 bits per heavy atom. The Balaban J connectivity index is 1.59. The van der Waals surface area contributed by atoms with E-state index in [0.29, 0.717) is 6.04 Å². The zero-order valence-corrected chi connectivity index (χ0v) is 13.7. The van der Waals surface area contributed by atoms with E-state index >= 15 is 0 Å². The second-order valence-corrected chi connectivity index (χ2v) is 6.81. The molecule has 124 valence electrons. The second-order valence-electron chi connectivity index (χ2n) is 6.81. The highest BCUT2D eigenvalue weighted by Crippen LogP contribution is 2.42. The molecule has 0 unspecified atom stereocenters. The van der Waals surface area contributed by atoms with Crippen molar-refractivity contribution in [1.82, 2.24) is 34.2 Å². The standard InChI is InChI=1S/C17H16N8/c1-23-7-10(5-18-23)14-9-25-16-13(6-19-25)21-17-12(15(16)20-14)8-24(22-17)11-3-2-4-11/h5-9,11H,2-4H2,1H3,(H,21,22). The number of fused-ring (bicyclic) bond motifs is 2. The van der Waals surface area contributed by atoms with Crippen LogP contribution in [0.1, 0.15) is 25.3 Å². The Morgan fingerprint density at radius 3 is 2.80 bits per heavy atom. The first-order valence-electron chi connectivity index (χ1n) is 8.50. The molecule has 0 aromatic carbocycles. The highest BCUT2D eigenvalue weighted by Gasteiger charge is 2.28. The normalized spacial score (nSPS) is 15.9. The highest BCUT2D eigenvalue weighted by molar-refractivity contribution is 5.98. The molecule has 8 heteroatoms. The van der Waals surface area contributed by atoms with Crippen molar-refractivity contribution in [2.75, 3.05) is 5.32 Å². The maximum absolute atomic E-state index is 4.94. The fourth-order valence-corrected chi connectivity index (χ4v) is 3.61. The zero-order valence-electron chi connectivity index (χ0n) is 13.7. The highest BCUT2D eigenvalue weighted by atomic mass is 15.3. The van der Waals surface area contributed by atoms with E-state index in [1.807, 2.05) is 36.4 Å². The van der Waals surface area contributed by atoms with Gasteiger partial charge < -0.3 is 5.32 Å². The maximum Gasteiger partial charge on any atom is 0.162 e. The van der Waals surface area contributed by atoms with Crippen LogP contribution in [0.3, 0.4) is 0 Å². The van der Waals surface area contributed by atoms with Crippen molar-refractivity contribution in [3.8, 4) is 22.5 Å². The average Bonchev–Trinajstić information content (AvgIpc) is 3.25. The summed E-state index contributed by atoms with van der Waals surface area (Å²) >= 11 is 0. The molecule has 6 rings (SSSR count). The first-order valence-corrected chi connectivity index (χ1v) is 8.50. The van der Waals surface area contributed by atoms with Crippen LogP contribution < -0.4 is 5.32 Å². The number of aromatic nitrogens is 7. The molecule has 5 heterocycles. The molecule has 4 aromatic heterocycles. The molecule has 1 aliphatic carbocycles. The van der Waals surface area contributed by atoms with Crippen molar-refractivity contribution in [2.24, 2.45) is 7.05 Å². The molecule has 0 bridgehead atoms. The molecule has 0 amide bonds. The fourth-order valence-electron chi connectivity index (χ4n) is 3.61. The average molecular weight is 332 g/mol. The number of aryl methyl sites for hydroxylation is 1. The number of nitrogens with one attached hydrogen (secondary N) is 1. The molecule has 0 atom stereocenters. The van der Waals surface area contributed by atoms with Crippen LogP contribution in [0.25, 0.3) is 28.0 Å². The minimum Gasteiger partial charge on any atom is -0.335 e. The van der Waals surface area contributed by atoms with Gasteiger partial charge >= 0.3 is 0 Å². The number of rotatable bonds is 2. The Kier molecular flexibility index (Phi) is 2.35. The predicted molar refractivity (Wildman–Crippen MR) is 92.6 cm³/mol. The monoisotopic (exact) mass is 332 g/mol. The summed E-state index contributed by atoms with van der Waals surface area (Å²) in [5.41, 5.74) is 5.74. The van der Waals surface area contributed by atoms with Gasteiger partial charge in [0.15, 0.2) is 5.82 Å². The Morgan fingerprint density at radius 2 is 2.04 bits per heavy atom. The van der Waals surface area contributed by atoms with Crippen LogP contribution in [0, 0.1) is 0 Å². The first-order chi connectivity index (χ1) is 12.3. The molecular formula is C17H16N8. The van der Waals surface area contributed by atoms with Crippen LogP contribution in [0.4, 0.5) is 11.5 Å². The lowest BCUT2D eigenvalue weighted by Gasteiger charge is -2.25. The minimum atomic E-state index is 0.518. The van der Waals surface area contributed by atoms with Crippen molar-refractivity contribution < 1.29 is 0 Å². The molecule has 1 saturated carbocycles. The number of nitrogens with zero attached hydrogens (tertiary/aromatic N) is 7. The van der Waals surface area contributed by atoms with Gasteiger partial charge in [0, 0.05) is 25.0 Å². The molecule has 0 radical (unpaired) electrons. The SMILES string of the molecule is Cn1cc(-c2cn3ncc4c3c(n2)-c2cn(C3CCC3)nc2N4)cn1. The summed E-state index contributed by atoms with van der Waals surface area (Å²) in [6.45, 7) is 0. The van der Waals surface area contributed by atoms with Crippen molar-refractivity contribution in [3.05, 3.63) is 31.0 Å². The van der Waals surface area contributed by atoms with Crippen LogP contribution in [-0.2, 0) is 7.05 Å². The Labute approximate surface area is 143 Å². The predicted octanol–water partition coefficient (Wildman–Crippen LogP) is 2.78. The summed E-state index contributed by atoms with van der Waals surface area (Å²) in [6.07, 6.45) is 13.4. The summed E-state index contributed by atoms with van der Waals surface area (Å²) in [5.74, 6) is 0.866. The Bertz CT molecular complexity index is 1130. The van der Waals surface area contributed by atoms with Gasteiger partial charge in [-0.05, 0) is 19.3 Å². The van der Waals surface area contributed by atoms with Gasteiger partial charge in [0.05, 0.1) is 41.6 Å². The van der Waals surface area contributed by atoms with E-state index in [0.717, 1.165) is 39.5 Å². The van der Waals surface area contributed by atoms with Crippen LogP contribution >= 0.6 is 0 Å². The lowest BCUT2D eigenvalue weighted by atomic mass is 9.93. The van der Waals surface area contributed by atoms with E-state index < -0.39 is 0 Å². The van der Waals surface area contributed by atoms with E-state index in [1.54, 1.807) is 4.68 Å². The number of hydrogen-bond donors (Lipinski definition) is 1. The van der Waals surface area contributed by atoms with E-state index in [9.17, 15) is 0 Å². The quantitative estimate of drug-likeness (QED) is 0.538. The maximum atomic E-state index is 4.94. The largest absolute Gasteiger partial charge is 0.335 e. The lowest BCUT2D eigenvalue weighted by Crippen LogP contribution is -2.17. The fraction of sp³-hybridized carbons (Fsp3) is 0.294. The molecule has 4 aromatic rings. The molecule has 1 fully saturated rings. The number of hydrogen-bond acceptors (Lipinski definition) is 5. The molecule has 8 nitrogen and oxygen atoms in total. The lowest BCUT2D eigenvalue weighted by molar-refractivity contribution is 0.290. The molecular weight excluding hydrogens is 316 g/mol. The van der Waals surface area contributed by atoms with E-state index in [2.05, 4.69) is 26.4 Å². The van der Waals surface area contributed by atoms with Gasteiger partial charge in [0.2, 0.25) is 0 Å². The van der Waals surface area contributed by atoms with E-state index in [-0.39, 0.29) is 0 Å². The van der Waals surface area contributed by atoms with Crippen molar-refractivity contribution in [1.29, 1.82) is 0 Å². The van der Waals surface area contributed by atoms with Gasteiger partial charge in [-0.1, -0.05) is 0 Å². The first kappa shape index (κ1) is 13.2. The van der Waals surface area contributed by atoms with Crippen LogP contribution in [0.5, 0.6) is 0 Å². The number of anilines is 2. The summed E-state index contributed by atoms with van der Waals surface area (Å²) in [7, 11) is 1.91. The van der Waals surface area contributed by atoms with Crippen molar-refractivity contribution in [3.63, 3.8) is 0 Å². The van der Waals surface area contributed by atoms with Crippen LogP contribution in [0.2, 0.25) is 0 Å². The second kappa shape index (κ2) is 4.47. The van der Waals surface area contributed by atoms with Gasteiger partial charge in [-0.2, -0.15) is 15.3 Å². The van der Waals surface area contributed by atoms with E-state index in [1.165, 1.54) is 19.3 Å². The van der Waals surface area contributed by atoms with E-state index in [4.69, 9.17) is 10.1 Å². The summed E-state index contributed by atoms with van der Waals surface area (Å²) in [6, 6.07) is 0.518. The van der Waals surface area contributed by atoms with Crippen molar-refractivity contribution in [2.45, 2.75) is 25.3 Å². The Hall–Kier alpha value is -3.16. The van der Waals surface area contributed by atoms with Crippen LogP contribution in [-0.4, -0.2) is 34.2 Å². The molecule has 1 N–H and O–H groups in total.